The molecule has 0 radical (unpaired) electrons. The first-order chi connectivity index (χ1) is 5.83. The minimum Gasteiger partial charge on any atom is -0.466 e. The fraction of sp³-hybridized carbons (Fsp3) is 0.100. The van der Waals surface area contributed by atoms with E-state index < -0.39 is 0 Å². The van der Waals surface area contributed by atoms with Crippen LogP contribution >= 0.6 is 12.4 Å². The molecule has 0 aromatic heterocycles. The fourth-order valence-electron chi connectivity index (χ4n) is 0.796. The molecule has 0 aliphatic rings. The van der Waals surface area contributed by atoms with Crippen molar-refractivity contribution in [2.45, 2.75) is 0 Å². The minimum absolute atomic E-state index is 0. The van der Waals surface area contributed by atoms with Crippen molar-refractivity contribution in [1.29, 1.82) is 0 Å². The third-order valence-electron chi connectivity index (χ3n) is 1.41. The summed E-state index contributed by atoms with van der Waals surface area (Å²) in [6.07, 6.45) is 3.11. The molecule has 0 N–H and O–H groups in total. The Morgan fingerprint density at radius 3 is 2.46 bits per heavy atom. The van der Waals surface area contributed by atoms with Crippen LogP contribution in [0, 0.1) is 0 Å². The van der Waals surface area contributed by atoms with Gasteiger partial charge < -0.3 is 4.74 Å². The van der Waals surface area contributed by atoms with Gasteiger partial charge in [0.1, 0.15) is 0 Å². The lowest BCUT2D eigenvalue weighted by Crippen LogP contribution is -1.92. The van der Waals surface area contributed by atoms with Crippen molar-refractivity contribution in [1.82, 2.24) is 0 Å². The number of ether oxygens (including phenoxy) is 1. The summed E-state index contributed by atoms with van der Waals surface area (Å²) in [6, 6.07) is 9.59. The Kier molecular flexibility index (Phi) is 5.64. The molecule has 70 valence electrons. The molecule has 0 spiro atoms. The Bertz CT molecular complexity index is 280. The van der Waals surface area contributed by atoms with Gasteiger partial charge in [-0.2, -0.15) is 0 Å². The van der Waals surface area contributed by atoms with Gasteiger partial charge in [-0.3, -0.25) is 0 Å². The lowest BCUT2D eigenvalue weighted by atomic mass is 10.2. The van der Waals surface area contributed by atoms with Crippen LogP contribution in [0.5, 0.6) is 0 Å². The molecule has 0 heterocycles. The second kappa shape index (κ2) is 6.26. The first kappa shape index (κ1) is 11.7. The van der Waals surface area contributed by atoms with E-state index in [0.29, 0.717) is 0 Å². The molecule has 3 heteroatoms. The number of methoxy groups -OCH3 is 1. The molecule has 0 amide bonds. The second-order valence-electron chi connectivity index (χ2n) is 2.27. The zero-order valence-corrected chi connectivity index (χ0v) is 8.08. The highest BCUT2D eigenvalue weighted by atomic mass is 35.5. The van der Waals surface area contributed by atoms with Crippen LogP contribution in [-0.2, 0) is 9.53 Å². The van der Waals surface area contributed by atoms with E-state index in [1.165, 1.54) is 13.2 Å². The monoisotopic (exact) mass is 198 g/mol. The maximum Gasteiger partial charge on any atom is 0.330 e. The molecule has 1 aromatic rings. The molecular weight excluding hydrogens is 188 g/mol. The molecule has 0 saturated carbocycles. The lowest BCUT2D eigenvalue weighted by molar-refractivity contribution is -0.134. The Morgan fingerprint density at radius 1 is 1.31 bits per heavy atom. The van der Waals surface area contributed by atoms with Gasteiger partial charge in [-0.05, 0) is 11.6 Å². The number of rotatable bonds is 2. The van der Waals surface area contributed by atoms with Crippen molar-refractivity contribution < 1.29 is 9.53 Å². The maximum absolute atomic E-state index is 10.7. The predicted molar refractivity (Wildman–Crippen MR) is 54.7 cm³/mol. The van der Waals surface area contributed by atoms with E-state index in [-0.39, 0.29) is 18.4 Å². The van der Waals surface area contributed by atoms with Gasteiger partial charge in [0.25, 0.3) is 0 Å². The summed E-state index contributed by atoms with van der Waals surface area (Å²) >= 11 is 0. The van der Waals surface area contributed by atoms with Crippen molar-refractivity contribution in [3.05, 3.63) is 42.0 Å². The van der Waals surface area contributed by atoms with Gasteiger partial charge in [-0.15, -0.1) is 12.4 Å². The highest BCUT2D eigenvalue weighted by Crippen LogP contribution is 2.00. The highest BCUT2D eigenvalue weighted by Gasteiger charge is 1.89. The van der Waals surface area contributed by atoms with Crippen molar-refractivity contribution in [2.75, 3.05) is 7.11 Å². The summed E-state index contributed by atoms with van der Waals surface area (Å²) < 4.78 is 4.45. The lowest BCUT2D eigenvalue weighted by Gasteiger charge is -1.91. The van der Waals surface area contributed by atoms with Crippen LogP contribution in [-0.4, -0.2) is 13.1 Å². The third-order valence-corrected chi connectivity index (χ3v) is 1.41. The standard InChI is InChI=1S/C10H10O2.ClH/c1-12-10(11)8-7-9-5-3-2-4-6-9;/h2-8H,1H3;1H/b8-7+;. The fourth-order valence-corrected chi connectivity index (χ4v) is 0.796. The Hall–Kier alpha value is -1.28. The molecule has 0 bridgehead atoms. The first-order valence-corrected chi connectivity index (χ1v) is 3.64. The molecule has 0 saturated heterocycles. The Balaban J connectivity index is 0.00000144. The average molecular weight is 199 g/mol. The molecule has 0 fully saturated rings. The molecule has 2 nitrogen and oxygen atoms in total. The van der Waals surface area contributed by atoms with Crippen LogP contribution < -0.4 is 0 Å². The SMILES string of the molecule is COC(=O)/C=C/c1ccccc1.Cl. The van der Waals surface area contributed by atoms with Crippen molar-refractivity contribution >= 4 is 24.5 Å². The number of carbonyl (C=O) groups is 1. The summed E-state index contributed by atoms with van der Waals surface area (Å²) in [5, 5.41) is 0. The summed E-state index contributed by atoms with van der Waals surface area (Å²) in [5.74, 6) is -0.334. The van der Waals surface area contributed by atoms with Gasteiger partial charge in [-0.1, -0.05) is 30.3 Å². The number of carbonyl (C=O) groups excluding carboxylic acids is 1. The normalized spacial score (nSPS) is 9.31. The van der Waals surface area contributed by atoms with E-state index >= 15 is 0 Å². The van der Waals surface area contributed by atoms with Crippen LogP contribution in [0.1, 0.15) is 5.56 Å². The van der Waals surface area contributed by atoms with E-state index in [0.717, 1.165) is 5.56 Å². The number of hydrogen-bond acceptors (Lipinski definition) is 2. The zero-order valence-electron chi connectivity index (χ0n) is 7.27. The summed E-state index contributed by atoms with van der Waals surface area (Å²) in [7, 11) is 1.36. The van der Waals surface area contributed by atoms with Gasteiger partial charge in [0, 0.05) is 6.08 Å². The van der Waals surface area contributed by atoms with Gasteiger partial charge >= 0.3 is 5.97 Å². The van der Waals surface area contributed by atoms with E-state index in [2.05, 4.69) is 4.74 Å². The van der Waals surface area contributed by atoms with Crippen LogP contribution in [0.15, 0.2) is 36.4 Å². The van der Waals surface area contributed by atoms with Gasteiger partial charge in [0.05, 0.1) is 7.11 Å². The molecular formula is C10H11ClO2. The predicted octanol–water partition coefficient (Wildman–Crippen LogP) is 2.29. The van der Waals surface area contributed by atoms with Gasteiger partial charge in [0.15, 0.2) is 0 Å². The van der Waals surface area contributed by atoms with Crippen LogP contribution in [0.25, 0.3) is 6.08 Å². The molecule has 0 unspecified atom stereocenters. The number of hydrogen-bond donors (Lipinski definition) is 0. The second-order valence-corrected chi connectivity index (χ2v) is 2.27. The van der Waals surface area contributed by atoms with E-state index in [1.807, 2.05) is 30.3 Å². The largest absolute Gasteiger partial charge is 0.466 e. The third kappa shape index (κ3) is 4.33. The van der Waals surface area contributed by atoms with Crippen LogP contribution in [0.3, 0.4) is 0 Å². The van der Waals surface area contributed by atoms with Gasteiger partial charge in [-0.25, -0.2) is 4.79 Å². The smallest absolute Gasteiger partial charge is 0.330 e. The van der Waals surface area contributed by atoms with E-state index in [4.69, 9.17) is 0 Å². The number of halogens is 1. The molecule has 1 rings (SSSR count). The van der Waals surface area contributed by atoms with Crippen LogP contribution in [0.4, 0.5) is 0 Å². The molecule has 0 aliphatic heterocycles. The molecule has 0 atom stereocenters. The topological polar surface area (TPSA) is 26.3 Å². The van der Waals surface area contributed by atoms with Crippen molar-refractivity contribution in [3.63, 3.8) is 0 Å². The number of esters is 1. The Morgan fingerprint density at radius 2 is 1.92 bits per heavy atom. The molecule has 13 heavy (non-hydrogen) atoms. The summed E-state index contributed by atoms with van der Waals surface area (Å²) in [5.41, 5.74) is 0.989. The number of benzene rings is 1. The zero-order chi connectivity index (χ0) is 8.81. The van der Waals surface area contributed by atoms with Crippen LogP contribution in [0.2, 0.25) is 0 Å². The highest BCUT2D eigenvalue weighted by molar-refractivity contribution is 5.86. The van der Waals surface area contributed by atoms with Gasteiger partial charge in [0.2, 0.25) is 0 Å². The van der Waals surface area contributed by atoms with Crippen molar-refractivity contribution in [2.24, 2.45) is 0 Å². The first-order valence-electron chi connectivity index (χ1n) is 3.64. The molecule has 1 aromatic carbocycles. The quantitative estimate of drug-likeness (QED) is 0.539. The van der Waals surface area contributed by atoms with Crippen molar-refractivity contribution in [3.8, 4) is 0 Å². The summed E-state index contributed by atoms with van der Waals surface area (Å²) in [4.78, 5) is 10.7. The summed E-state index contributed by atoms with van der Waals surface area (Å²) in [6.45, 7) is 0. The maximum atomic E-state index is 10.7. The molecule has 0 aliphatic carbocycles. The average Bonchev–Trinajstić information content (AvgIpc) is 2.16. The van der Waals surface area contributed by atoms with E-state index in [9.17, 15) is 4.79 Å². The Labute approximate surface area is 83.6 Å². The minimum atomic E-state index is -0.334. The van der Waals surface area contributed by atoms with E-state index in [1.54, 1.807) is 6.08 Å².